The predicted molar refractivity (Wildman–Crippen MR) is 85.0 cm³/mol. The van der Waals surface area contributed by atoms with Crippen molar-refractivity contribution in [1.29, 1.82) is 0 Å². The number of hydrogen-bond acceptors (Lipinski definition) is 5. The molecule has 1 heterocycles. The minimum absolute atomic E-state index is 0.509. The lowest BCUT2D eigenvalue weighted by Gasteiger charge is -2.12. The van der Waals surface area contributed by atoms with Crippen LogP contribution in [0.5, 0.6) is 0 Å². The van der Waals surface area contributed by atoms with E-state index in [0.717, 1.165) is 28.6 Å². The number of nitrogens with two attached hydrogens (primary N) is 1. The fraction of sp³-hybridized carbons (Fsp3) is 0.333. The Morgan fingerprint density at radius 3 is 2.70 bits per heavy atom. The SMILES string of the molecule is CCCCCNc1c(N)ncnc1Sc1ccccc1. The van der Waals surface area contributed by atoms with Crippen LogP contribution < -0.4 is 11.1 Å². The fourth-order valence-electron chi connectivity index (χ4n) is 1.81. The van der Waals surface area contributed by atoms with Gasteiger partial charge in [-0.15, -0.1) is 0 Å². The first-order valence-corrected chi connectivity index (χ1v) is 7.70. The van der Waals surface area contributed by atoms with Crippen LogP contribution in [0.4, 0.5) is 11.5 Å². The van der Waals surface area contributed by atoms with Crippen LogP contribution in [0.25, 0.3) is 0 Å². The summed E-state index contributed by atoms with van der Waals surface area (Å²) in [6.07, 6.45) is 5.05. The first kappa shape index (κ1) is 14.7. The smallest absolute Gasteiger partial charge is 0.151 e. The van der Waals surface area contributed by atoms with Crippen molar-refractivity contribution in [3.8, 4) is 0 Å². The number of nitrogen functional groups attached to an aromatic ring is 1. The molecule has 2 rings (SSSR count). The van der Waals surface area contributed by atoms with Gasteiger partial charge in [0.2, 0.25) is 0 Å². The molecule has 0 saturated heterocycles. The van der Waals surface area contributed by atoms with Crippen molar-refractivity contribution in [2.24, 2.45) is 0 Å². The number of rotatable bonds is 7. The number of anilines is 2. The molecule has 4 nitrogen and oxygen atoms in total. The number of aromatic nitrogens is 2. The topological polar surface area (TPSA) is 63.8 Å². The van der Waals surface area contributed by atoms with Crippen molar-refractivity contribution in [3.05, 3.63) is 36.7 Å². The van der Waals surface area contributed by atoms with Gasteiger partial charge in [-0.05, 0) is 18.6 Å². The fourth-order valence-corrected chi connectivity index (χ4v) is 2.71. The van der Waals surface area contributed by atoms with E-state index in [1.165, 1.54) is 19.2 Å². The van der Waals surface area contributed by atoms with Gasteiger partial charge in [0.1, 0.15) is 17.0 Å². The molecular formula is C15H20N4S. The highest BCUT2D eigenvalue weighted by Gasteiger charge is 2.10. The molecule has 0 fully saturated rings. The lowest BCUT2D eigenvalue weighted by Crippen LogP contribution is -2.07. The second kappa shape index (κ2) is 7.75. The summed E-state index contributed by atoms with van der Waals surface area (Å²) in [5, 5.41) is 4.24. The molecule has 3 N–H and O–H groups in total. The monoisotopic (exact) mass is 288 g/mol. The Hall–Kier alpha value is -1.75. The number of benzene rings is 1. The average Bonchev–Trinajstić information content (AvgIpc) is 2.47. The van der Waals surface area contributed by atoms with Gasteiger partial charge in [0.15, 0.2) is 5.82 Å². The number of nitrogens with one attached hydrogen (secondary N) is 1. The second-order valence-corrected chi connectivity index (χ2v) is 5.55. The van der Waals surface area contributed by atoms with E-state index in [-0.39, 0.29) is 0 Å². The normalized spacial score (nSPS) is 10.4. The Bertz CT molecular complexity index is 531. The quantitative estimate of drug-likeness (QED) is 0.599. The molecule has 0 amide bonds. The van der Waals surface area contributed by atoms with Crippen LogP contribution in [0.3, 0.4) is 0 Å². The maximum Gasteiger partial charge on any atom is 0.151 e. The molecule has 20 heavy (non-hydrogen) atoms. The maximum atomic E-state index is 5.96. The Balaban J connectivity index is 2.09. The summed E-state index contributed by atoms with van der Waals surface area (Å²) in [6, 6.07) is 10.2. The largest absolute Gasteiger partial charge is 0.382 e. The number of hydrogen-bond donors (Lipinski definition) is 2. The van der Waals surface area contributed by atoms with Crippen molar-refractivity contribution < 1.29 is 0 Å². The summed E-state index contributed by atoms with van der Waals surface area (Å²) in [6.45, 7) is 3.09. The van der Waals surface area contributed by atoms with Crippen LogP contribution in [0.1, 0.15) is 26.2 Å². The summed E-state index contributed by atoms with van der Waals surface area (Å²) >= 11 is 1.60. The minimum Gasteiger partial charge on any atom is -0.382 e. The van der Waals surface area contributed by atoms with Gasteiger partial charge in [0, 0.05) is 11.4 Å². The molecule has 2 aromatic rings. The first-order chi connectivity index (χ1) is 9.81. The van der Waals surface area contributed by atoms with E-state index in [1.807, 2.05) is 18.2 Å². The third-order valence-electron chi connectivity index (χ3n) is 2.88. The summed E-state index contributed by atoms with van der Waals surface area (Å²) in [7, 11) is 0. The zero-order valence-corrected chi connectivity index (χ0v) is 12.5. The second-order valence-electron chi connectivity index (χ2n) is 4.49. The first-order valence-electron chi connectivity index (χ1n) is 6.88. The standard InChI is InChI=1S/C15H20N4S/c1-2-3-7-10-17-13-14(16)18-11-19-15(13)20-12-8-5-4-6-9-12/h4-6,8-9,11,17H,2-3,7,10H2,1H3,(H2,16,18,19). The van der Waals surface area contributed by atoms with E-state index < -0.39 is 0 Å². The molecule has 0 saturated carbocycles. The summed E-state index contributed by atoms with van der Waals surface area (Å²) in [5.41, 5.74) is 6.81. The van der Waals surface area contributed by atoms with Crippen LogP contribution in [-0.4, -0.2) is 16.5 Å². The van der Waals surface area contributed by atoms with Crippen LogP contribution >= 0.6 is 11.8 Å². The van der Waals surface area contributed by atoms with E-state index in [9.17, 15) is 0 Å². The predicted octanol–water partition coefficient (Wildman–Crippen LogP) is 3.81. The molecule has 1 aromatic carbocycles. The van der Waals surface area contributed by atoms with Crippen molar-refractivity contribution in [3.63, 3.8) is 0 Å². The van der Waals surface area contributed by atoms with Crippen molar-refractivity contribution in [1.82, 2.24) is 9.97 Å². The van der Waals surface area contributed by atoms with Gasteiger partial charge in [-0.3, -0.25) is 0 Å². The summed E-state index contributed by atoms with van der Waals surface area (Å²) < 4.78 is 0. The third kappa shape index (κ3) is 4.13. The molecule has 0 unspecified atom stereocenters. The van der Waals surface area contributed by atoms with E-state index in [0.29, 0.717) is 5.82 Å². The van der Waals surface area contributed by atoms with Crippen LogP contribution in [0.15, 0.2) is 46.6 Å². The van der Waals surface area contributed by atoms with E-state index in [4.69, 9.17) is 5.73 Å². The highest BCUT2D eigenvalue weighted by atomic mass is 32.2. The molecule has 1 aromatic heterocycles. The van der Waals surface area contributed by atoms with Crippen LogP contribution in [0.2, 0.25) is 0 Å². The van der Waals surface area contributed by atoms with Gasteiger partial charge in [-0.1, -0.05) is 49.7 Å². The molecule has 0 aliphatic carbocycles. The van der Waals surface area contributed by atoms with Gasteiger partial charge < -0.3 is 11.1 Å². The zero-order chi connectivity index (χ0) is 14.2. The molecular weight excluding hydrogens is 268 g/mol. The van der Waals surface area contributed by atoms with E-state index in [1.54, 1.807) is 11.8 Å². The van der Waals surface area contributed by atoms with Gasteiger partial charge in [-0.2, -0.15) is 0 Å². The van der Waals surface area contributed by atoms with Crippen molar-refractivity contribution in [2.75, 3.05) is 17.6 Å². The maximum absolute atomic E-state index is 5.96. The molecule has 0 aliphatic rings. The molecule has 0 spiro atoms. The van der Waals surface area contributed by atoms with E-state index >= 15 is 0 Å². The van der Waals surface area contributed by atoms with Gasteiger partial charge >= 0.3 is 0 Å². The molecule has 0 bridgehead atoms. The summed E-state index contributed by atoms with van der Waals surface area (Å²) in [5.74, 6) is 0.509. The zero-order valence-electron chi connectivity index (χ0n) is 11.7. The molecule has 0 radical (unpaired) electrons. The molecule has 5 heteroatoms. The van der Waals surface area contributed by atoms with Crippen LogP contribution in [-0.2, 0) is 0 Å². The molecule has 0 atom stereocenters. The highest BCUT2D eigenvalue weighted by Crippen LogP contribution is 2.33. The minimum atomic E-state index is 0.509. The Morgan fingerprint density at radius 2 is 1.95 bits per heavy atom. The van der Waals surface area contributed by atoms with Crippen LogP contribution in [0, 0.1) is 0 Å². The molecule has 0 aliphatic heterocycles. The van der Waals surface area contributed by atoms with Gasteiger partial charge in [-0.25, -0.2) is 9.97 Å². The van der Waals surface area contributed by atoms with Crippen molar-refractivity contribution >= 4 is 23.3 Å². The van der Waals surface area contributed by atoms with E-state index in [2.05, 4.69) is 34.3 Å². The Kier molecular flexibility index (Phi) is 5.68. The number of unbranched alkanes of at least 4 members (excludes halogenated alkanes) is 2. The summed E-state index contributed by atoms with van der Waals surface area (Å²) in [4.78, 5) is 9.56. The molecule has 106 valence electrons. The lowest BCUT2D eigenvalue weighted by atomic mass is 10.2. The Labute approximate surface area is 124 Å². The average molecular weight is 288 g/mol. The highest BCUT2D eigenvalue weighted by molar-refractivity contribution is 7.99. The number of nitrogens with zero attached hydrogens (tertiary/aromatic N) is 2. The third-order valence-corrected chi connectivity index (χ3v) is 3.89. The van der Waals surface area contributed by atoms with Gasteiger partial charge in [0.05, 0.1) is 0 Å². The van der Waals surface area contributed by atoms with Gasteiger partial charge in [0.25, 0.3) is 0 Å². The lowest BCUT2D eigenvalue weighted by molar-refractivity contribution is 0.742. The van der Waals surface area contributed by atoms with Crippen molar-refractivity contribution in [2.45, 2.75) is 36.1 Å². The Morgan fingerprint density at radius 1 is 1.15 bits per heavy atom.